The monoisotopic (exact) mass is 374 g/mol. The fourth-order valence-corrected chi connectivity index (χ4v) is 3.78. The number of para-hydroxylation sites is 3. The smallest absolute Gasteiger partial charge is 0.247 e. The fraction of sp³-hybridized carbons (Fsp3) is 0.200. The highest BCUT2D eigenvalue weighted by atomic mass is 16.6. The number of imidazole rings is 1. The molecule has 0 atom stereocenters. The number of amides is 1. The van der Waals surface area contributed by atoms with E-state index in [0.717, 1.165) is 29.6 Å². The van der Waals surface area contributed by atoms with Crippen molar-refractivity contribution in [2.75, 3.05) is 17.2 Å². The molecule has 0 fully saturated rings. The second-order valence-corrected chi connectivity index (χ2v) is 6.79. The molecule has 8 heteroatoms. The molecule has 0 bridgehead atoms. The standard InChI is InChI=1S/C20H18N6O2/c21-19-18(23-28-24-19)20-22-14-8-2-4-10-16(14)26(20)12-17(27)25-11-5-7-13-6-1-3-9-15(13)25/h1-4,6,8-10H,5,7,11-12H2,(H2,21,24). The Kier molecular flexibility index (Phi) is 3.82. The van der Waals surface area contributed by atoms with Crippen LogP contribution in [0.25, 0.3) is 22.6 Å². The molecule has 2 N–H and O–H groups in total. The predicted octanol–water partition coefficient (Wildman–Crippen LogP) is 2.65. The van der Waals surface area contributed by atoms with Gasteiger partial charge in [0.2, 0.25) is 5.91 Å². The predicted molar refractivity (Wildman–Crippen MR) is 105 cm³/mol. The number of carbonyl (C=O) groups is 1. The van der Waals surface area contributed by atoms with Crippen molar-refractivity contribution in [1.29, 1.82) is 0 Å². The lowest BCUT2D eigenvalue weighted by molar-refractivity contribution is -0.119. The molecule has 0 saturated heterocycles. The number of fused-ring (bicyclic) bond motifs is 2. The molecule has 0 unspecified atom stereocenters. The van der Waals surface area contributed by atoms with Crippen LogP contribution in [0.4, 0.5) is 11.5 Å². The van der Waals surface area contributed by atoms with Crippen molar-refractivity contribution in [2.45, 2.75) is 19.4 Å². The van der Waals surface area contributed by atoms with E-state index in [-0.39, 0.29) is 18.3 Å². The van der Waals surface area contributed by atoms with Gasteiger partial charge >= 0.3 is 0 Å². The number of nitrogens with zero attached hydrogens (tertiary/aromatic N) is 5. The molecule has 2 aromatic carbocycles. The maximum Gasteiger partial charge on any atom is 0.247 e. The van der Waals surface area contributed by atoms with E-state index in [1.165, 1.54) is 5.56 Å². The van der Waals surface area contributed by atoms with Gasteiger partial charge in [-0.2, -0.15) is 0 Å². The van der Waals surface area contributed by atoms with Crippen LogP contribution in [0, 0.1) is 0 Å². The summed E-state index contributed by atoms with van der Waals surface area (Å²) >= 11 is 0. The van der Waals surface area contributed by atoms with Gasteiger partial charge in [0.25, 0.3) is 0 Å². The third-order valence-electron chi connectivity index (χ3n) is 5.08. The van der Waals surface area contributed by atoms with Crippen molar-refractivity contribution in [3.8, 4) is 11.5 Å². The Balaban J connectivity index is 1.57. The number of hydrogen-bond acceptors (Lipinski definition) is 6. The number of hydrogen-bond donors (Lipinski definition) is 1. The molecular weight excluding hydrogens is 356 g/mol. The van der Waals surface area contributed by atoms with E-state index in [1.807, 2.05) is 51.9 Å². The van der Waals surface area contributed by atoms with Gasteiger partial charge in [-0.3, -0.25) is 4.79 Å². The molecule has 2 aromatic heterocycles. The summed E-state index contributed by atoms with van der Waals surface area (Å²) in [6, 6.07) is 15.7. The molecule has 0 radical (unpaired) electrons. The van der Waals surface area contributed by atoms with E-state index in [0.29, 0.717) is 18.1 Å². The lowest BCUT2D eigenvalue weighted by atomic mass is 10.0. The van der Waals surface area contributed by atoms with E-state index in [1.54, 1.807) is 0 Å². The van der Waals surface area contributed by atoms with E-state index >= 15 is 0 Å². The fourth-order valence-electron chi connectivity index (χ4n) is 3.78. The van der Waals surface area contributed by atoms with Crippen LogP contribution < -0.4 is 10.6 Å². The van der Waals surface area contributed by atoms with Crippen LogP contribution in [-0.4, -0.2) is 32.3 Å². The highest BCUT2D eigenvalue weighted by molar-refractivity contribution is 5.96. The number of anilines is 2. The number of aryl methyl sites for hydroxylation is 1. The molecule has 0 spiro atoms. The summed E-state index contributed by atoms with van der Waals surface area (Å²) in [4.78, 5) is 19.7. The first-order valence-electron chi connectivity index (χ1n) is 9.14. The van der Waals surface area contributed by atoms with Gasteiger partial charge in [-0.05, 0) is 46.9 Å². The Morgan fingerprint density at radius 1 is 1.11 bits per heavy atom. The van der Waals surface area contributed by atoms with Crippen molar-refractivity contribution >= 4 is 28.4 Å². The molecule has 5 rings (SSSR count). The van der Waals surface area contributed by atoms with Gasteiger partial charge in [0.05, 0.1) is 11.0 Å². The van der Waals surface area contributed by atoms with E-state index in [4.69, 9.17) is 10.4 Å². The van der Waals surface area contributed by atoms with Crippen molar-refractivity contribution in [2.24, 2.45) is 0 Å². The van der Waals surface area contributed by atoms with E-state index in [9.17, 15) is 4.79 Å². The van der Waals surface area contributed by atoms with Crippen molar-refractivity contribution < 1.29 is 9.42 Å². The normalized spacial score (nSPS) is 13.6. The average Bonchev–Trinajstić information content (AvgIpc) is 3.31. The SMILES string of the molecule is Nc1nonc1-c1nc2ccccc2n1CC(=O)N1CCCc2ccccc21. The molecule has 140 valence electrons. The topological polar surface area (TPSA) is 103 Å². The molecular formula is C20H18N6O2. The summed E-state index contributed by atoms with van der Waals surface area (Å²) < 4.78 is 6.57. The molecule has 0 saturated carbocycles. The lowest BCUT2D eigenvalue weighted by Gasteiger charge is -2.29. The summed E-state index contributed by atoms with van der Waals surface area (Å²) in [7, 11) is 0. The van der Waals surface area contributed by atoms with Crippen LogP contribution in [0.2, 0.25) is 0 Å². The molecule has 8 nitrogen and oxygen atoms in total. The highest BCUT2D eigenvalue weighted by Gasteiger charge is 2.25. The lowest BCUT2D eigenvalue weighted by Crippen LogP contribution is -2.37. The molecule has 1 amide bonds. The minimum atomic E-state index is -0.00780. The Morgan fingerprint density at radius 3 is 2.79 bits per heavy atom. The van der Waals surface area contributed by atoms with Crippen LogP contribution in [-0.2, 0) is 17.8 Å². The van der Waals surface area contributed by atoms with Crippen LogP contribution in [0.5, 0.6) is 0 Å². The third kappa shape index (κ3) is 2.61. The molecule has 0 aliphatic carbocycles. The summed E-state index contributed by atoms with van der Waals surface area (Å²) in [5.41, 5.74) is 9.98. The second kappa shape index (κ2) is 6.49. The van der Waals surface area contributed by atoms with Crippen LogP contribution in [0.15, 0.2) is 53.2 Å². The number of nitrogens with two attached hydrogens (primary N) is 1. The Bertz CT molecular complexity index is 1180. The summed E-state index contributed by atoms with van der Waals surface area (Å²) in [5, 5.41) is 7.52. The average molecular weight is 374 g/mol. The van der Waals surface area contributed by atoms with Gasteiger partial charge in [0, 0.05) is 12.2 Å². The van der Waals surface area contributed by atoms with E-state index < -0.39 is 0 Å². The zero-order valence-corrected chi connectivity index (χ0v) is 15.1. The van der Waals surface area contributed by atoms with Gasteiger partial charge in [-0.1, -0.05) is 30.3 Å². The van der Waals surface area contributed by atoms with Gasteiger partial charge in [0.15, 0.2) is 17.3 Å². The maximum absolute atomic E-state index is 13.3. The zero-order chi connectivity index (χ0) is 19.1. The van der Waals surface area contributed by atoms with Crippen LogP contribution >= 0.6 is 0 Å². The minimum Gasteiger partial charge on any atom is -0.379 e. The first-order chi connectivity index (χ1) is 13.7. The maximum atomic E-state index is 13.3. The summed E-state index contributed by atoms with van der Waals surface area (Å²) in [5.74, 6) is 0.609. The Labute approximate surface area is 160 Å². The van der Waals surface area contributed by atoms with Crippen LogP contribution in [0.1, 0.15) is 12.0 Å². The van der Waals surface area contributed by atoms with Gasteiger partial charge < -0.3 is 15.2 Å². The number of nitrogen functional groups attached to an aromatic ring is 1. The Morgan fingerprint density at radius 2 is 1.93 bits per heavy atom. The van der Waals surface area contributed by atoms with Crippen molar-refractivity contribution in [3.05, 3.63) is 54.1 Å². The highest BCUT2D eigenvalue weighted by Crippen LogP contribution is 2.29. The summed E-state index contributed by atoms with van der Waals surface area (Å²) in [6.07, 6.45) is 1.93. The van der Waals surface area contributed by atoms with Crippen LogP contribution in [0.3, 0.4) is 0 Å². The number of rotatable bonds is 3. The first kappa shape index (κ1) is 16.5. The largest absolute Gasteiger partial charge is 0.379 e. The molecule has 1 aliphatic rings. The zero-order valence-electron chi connectivity index (χ0n) is 15.1. The van der Waals surface area contributed by atoms with Gasteiger partial charge in [0.1, 0.15) is 6.54 Å². The molecule has 1 aliphatic heterocycles. The number of benzene rings is 2. The molecule has 28 heavy (non-hydrogen) atoms. The summed E-state index contributed by atoms with van der Waals surface area (Å²) in [6.45, 7) is 0.821. The molecule has 3 heterocycles. The van der Waals surface area contributed by atoms with E-state index in [2.05, 4.69) is 21.4 Å². The van der Waals surface area contributed by atoms with Crippen molar-refractivity contribution in [3.63, 3.8) is 0 Å². The number of aromatic nitrogens is 4. The Hall–Kier alpha value is -3.68. The second-order valence-electron chi connectivity index (χ2n) is 6.79. The van der Waals surface area contributed by atoms with Gasteiger partial charge in [-0.25, -0.2) is 9.61 Å². The van der Waals surface area contributed by atoms with Gasteiger partial charge in [-0.15, -0.1) is 0 Å². The number of carbonyl (C=O) groups excluding carboxylic acids is 1. The molecule has 4 aromatic rings. The first-order valence-corrected chi connectivity index (χ1v) is 9.14. The quantitative estimate of drug-likeness (QED) is 0.591. The van der Waals surface area contributed by atoms with Crippen molar-refractivity contribution in [1.82, 2.24) is 19.9 Å². The third-order valence-corrected chi connectivity index (χ3v) is 5.08. The minimum absolute atomic E-state index is 0.00780.